The third-order valence-electron chi connectivity index (χ3n) is 1.55. The van der Waals surface area contributed by atoms with Crippen LogP contribution in [0.25, 0.3) is 0 Å². The maximum Gasteiger partial charge on any atom is 0.229 e. The van der Waals surface area contributed by atoms with Crippen molar-refractivity contribution in [3.63, 3.8) is 0 Å². The van der Waals surface area contributed by atoms with Crippen molar-refractivity contribution in [2.45, 2.75) is 52.0 Å². The first-order valence-electron chi connectivity index (χ1n) is 4.76. The van der Waals surface area contributed by atoms with E-state index in [9.17, 15) is 0 Å². The highest BCUT2D eigenvalue weighted by atomic mass is 28.2. The summed E-state index contributed by atoms with van der Waals surface area (Å²) in [7, 11) is 0.744. The predicted molar refractivity (Wildman–Crippen MR) is 50.9 cm³/mol. The molecule has 0 bridgehead atoms. The summed E-state index contributed by atoms with van der Waals surface area (Å²) in [5, 5.41) is 0. The molecule has 0 aromatic rings. The lowest BCUT2D eigenvalue weighted by molar-refractivity contribution is 0.320. The lowest BCUT2D eigenvalue weighted by atomic mass is 10.2. The average molecular weight is 172 g/mol. The molecule has 0 rings (SSSR count). The van der Waals surface area contributed by atoms with Gasteiger partial charge in [0.25, 0.3) is 0 Å². The van der Waals surface area contributed by atoms with E-state index < -0.39 is 0 Å². The summed E-state index contributed by atoms with van der Waals surface area (Å²) in [6.07, 6.45) is 6.53. The molecule has 0 N–H and O–H groups in total. The maximum absolute atomic E-state index is 5.45. The molecule has 0 aliphatic heterocycles. The van der Waals surface area contributed by atoms with Gasteiger partial charge in [0.05, 0.1) is 0 Å². The molecule has 66 valence electrons. The van der Waals surface area contributed by atoms with E-state index in [1.807, 2.05) is 0 Å². The van der Waals surface area contributed by atoms with Gasteiger partial charge in [-0.1, -0.05) is 39.5 Å². The van der Waals surface area contributed by atoms with Crippen LogP contribution >= 0.6 is 0 Å². The Morgan fingerprint density at radius 1 is 1.00 bits per heavy atom. The molecule has 2 heteroatoms. The van der Waals surface area contributed by atoms with Gasteiger partial charge in [-0.15, -0.1) is 0 Å². The molecule has 0 spiro atoms. The highest BCUT2D eigenvalue weighted by Crippen LogP contribution is 1.98. The summed E-state index contributed by atoms with van der Waals surface area (Å²) < 4.78 is 5.45. The van der Waals surface area contributed by atoms with Gasteiger partial charge in [-0.3, -0.25) is 0 Å². The fourth-order valence-corrected chi connectivity index (χ4v) is 1.48. The van der Waals surface area contributed by atoms with E-state index in [2.05, 4.69) is 13.8 Å². The highest BCUT2D eigenvalue weighted by molar-refractivity contribution is 6.26. The minimum atomic E-state index is 0.744. The first-order valence-corrected chi connectivity index (χ1v) is 5.88. The quantitative estimate of drug-likeness (QED) is 0.404. The van der Waals surface area contributed by atoms with Gasteiger partial charge in [0.2, 0.25) is 9.76 Å². The molecule has 0 atom stereocenters. The van der Waals surface area contributed by atoms with E-state index in [1.165, 1.54) is 38.1 Å². The van der Waals surface area contributed by atoms with Gasteiger partial charge in [0.1, 0.15) is 0 Å². The van der Waals surface area contributed by atoms with Crippen molar-refractivity contribution in [3.8, 4) is 0 Å². The van der Waals surface area contributed by atoms with Gasteiger partial charge in [-0.05, 0) is 12.5 Å². The predicted octanol–water partition coefficient (Wildman–Crippen LogP) is 3.03. The maximum atomic E-state index is 5.45. The molecule has 0 amide bonds. The second-order valence-electron chi connectivity index (χ2n) is 2.80. The summed E-state index contributed by atoms with van der Waals surface area (Å²) in [5.74, 6) is 0. The van der Waals surface area contributed by atoms with Gasteiger partial charge in [0, 0.05) is 6.61 Å². The van der Waals surface area contributed by atoms with E-state index in [-0.39, 0.29) is 0 Å². The molecule has 2 radical (unpaired) electrons. The van der Waals surface area contributed by atoms with Crippen LogP contribution in [-0.2, 0) is 4.43 Å². The number of rotatable bonds is 8. The zero-order valence-electron chi connectivity index (χ0n) is 7.86. The normalized spacial score (nSPS) is 10.4. The minimum Gasteiger partial charge on any atom is -0.417 e. The molecular weight excluding hydrogens is 152 g/mol. The van der Waals surface area contributed by atoms with Gasteiger partial charge < -0.3 is 4.43 Å². The van der Waals surface area contributed by atoms with Crippen LogP contribution in [0.1, 0.15) is 46.0 Å². The second-order valence-corrected chi connectivity index (χ2v) is 3.88. The van der Waals surface area contributed by atoms with Crippen LogP contribution in [0.2, 0.25) is 6.04 Å². The molecule has 11 heavy (non-hydrogen) atoms. The molecule has 0 aromatic heterocycles. The van der Waals surface area contributed by atoms with Crippen LogP contribution in [0, 0.1) is 0 Å². The molecular formula is C9H20OSi. The van der Waals surface area contributed by atoms with Crippen molar-refractivity contribution in [2.75, 3.05) is 6.61 Å². The molecule has 0 unspecified atom stereocenters. The number of unbranched alkanes of at least 4 members (excludes halogenated alkanes) is 3. The molecule has 0 saturated heterocycles. The Bertz CT molecular complexity index is 58.6. The van der Waals surface area contributed by atoms with Crippen molar-refractivity contribution < 1.29 is 4.43 Å². The molecule has 1 nitrogen and oxygen atoms in total. The van der Waals surface area contributed by atoms with Gasteiger partial charge >= 0.3 is 0 Å². The van der Waals surface area contributed by atoms with Crippen LogP contribution in [0.3, 0.4) is 0 Å². The smallest absolute Gasteiger partial charge is 0.229 e. The Balaban J connectivity index is 2.69. The van der Waals surface area contributed by atoms with Crippen LogP contribution in [0.4, 0.5) is 0 Å². The van der Waals surface area contributed by atoms with Crippen LogP contribution in [0.15, 0.2) is 0 Å². The SMILES string of the molecule is CCCCCCO[Si]CCC. The highest BCUT2D eigenvalue weighted by Gasteiger charge is 1.90. The van der Waals surface area contributed by atoms with Crippen LogP contribution < -0.4 is 0 Å². The summed E-state index contributed by atoms with van der Waals surface area (Å²) >= 11 is 0. The molecule has 0 heterocycles. The van der Waals surface area contributed by atoms with Crippen molar-refractivity contribution in [3.05, 3.63) is 0 Å². The van der Waals surface area contributed by atoms with Gasteiger partial charge in [-0.2, -0.15) is 0 Å². The largest absolute Gasteiger partial charge is 0.417 e. The Morgan fingerprint density at radius 3 is 2.45 bits per heavy atom. The van der Waals surface area contributed by atoms with E-state index in [0.29, 0.717) is 0 Å². The van der Waals surface area contributed by atoms with E-state index in [4.69, 9.17) is 4.43 Å². The standard InChI is InChI=1S/C9H20OSi/c1-3-5-6-7-8-10-11-9-4-2/h3-9H2,1-2H3. The second kappa shape index (κ2) is 10.2. The van der Waals surface area contributed by atoms with Crippen molar-refractivity contribution >= 4 is 9.76 Å². The zero-order valence-corrected chi connectivity index (χ0v) is 8.86. The summed E-state index contributed by atoms with van der Waals surface area (Å²) in [6.45, 7) is 5.42. The lowest BCUT2D eigenvalue weighted by Gasteiger charge is -2.00. The Morgan fingerprint density at radius 2 is 1.82 bits per heavy atom. The molecule has 0 aromatic carbocycles. The van der Waals surface area contributed by atoms with Crippen molar-refractivity contribution in [2.24, 2.45) is 0 Å². The van der Waals surface area contributed by atoms with E-state index >= 15 is 0 Å². The molecule has 0 saturated carbocycles. The summed E-state index contributed by atoms with van der Waals surface area (Å²) in [5.41, 5.74) is 0. The van der Waals surface area contributed by atoms with Crippen molar-refractivity contribution in [1.29, 1.82) is 0 Å². The fraction of sp³-hybridized carbons (Fsp3) is 1.00. The summed E-state index contributed by atoms with van der Waals surface area (Å²) in [6, 6.07) is 1.24. The fourth-order valence-electron chi connectivity index (χ4n) is 0.847. The lowest BCUT2D eigenvalue weighted by Crippen LogP contribution is -1.99. The minimum absolute atomic E-state index is 0.744. The van der Waals surface area contributed by atoms with Gasteiger partial charge in [0.15, 0.2) is 0 Å². The van der Waals surface area contributed by atoms with Crippen molar-refractivity contribution in [1.82, 2.24) is 0 Å². The Kier molecular flexibility index (Phi) is 10.3. The molecule has 0 aliphatic carbocycles. The summed E-state index contributed by atoms with van der Waals surface area (Å²) in [4.78, 5) is 0. The molecule has 0 aliphatic rings. The third-order valence-corrected chi connectivity index (χ3v) is 2.67. The van der Waals surface area contributed by atoms with Crippen LogP contribution in [-0.4, -0.2) is 16.4 Å². The first-order chi connectivity index (χ1) is 5.41. The topological polar surface area (TPSA) is 9.23 Å². The van der Waals surface area contributed by atoms with Gasteiger partial charge in [-0.25, -0.2) is 0 Å². The monoisotopic (exact) mass is 172 g/mol. The number of hydrogen-bond acceptors (Lipinski definition) is 1. The van der Waals surface area contributed by atoms with Crippen LogP contribution in [0.5, 0.6) is 0 Å². The zero-order chi connectivity index (χ0) is 8.36. The van der Waals surface area contributed by atoms with E-state index in [1.54, 1.807) is 0 Å². The third kappa shape index (κ3) is 10.2. The Labute approximate surface area is 73.5 Å². The number of hydrogen-bond donors (Lipinski definition) is 0. The van der Waals surface area contributed by atoms with E-state index in [0.717, 1.165) is 16.4 Å². The average Bonchev–Trinajstić information content (AvgIpc) is 2.03. The first kappa shape index (κ1) is 11.2. The Hall–Kier alpha value is 0.177. The molecule has 0 fully saturated rings.